The summed E-state index contributed by atoms with van der Waals surface area (Å²) in [5.74, 6) is -0.281. The lowest BCUT2D eigenvalue weighted by atomic mass is 9.77. The first-order valence-electron chi connectivity index (χ1n) is 14.9. The van der Waals surface area contributed by atoms with Gasteiger partial charge in [-0.25, -0.2) is 8.78 Å². The summed E-state index contributed by atoms with van der Waals surface area (Å²) in [7, 11) is 0. The van der Waals surface area contributed by atoms with Crippen LogP contribution in [0.3, 0.4) is 0 Å². The Morgan fingerprint density at radius 1 is 0.703 bits per heavy atom. The predicted molar refractivity (Wildman–Crippen MR) is 146 cm³/mol. The number of rotatable bonds is 11. The van der Waals surface area contributed by atoms with Crippen LogP contribution in [0.15, 0.2) is 30.3 Å². The van der Waals surface area contributed by atoms with E-state index in [9.17, 15) is 13.2 Å². The van der Waals surface area contributed by atoms with Crippen molar-refractivity contribution in [2.45, 2.75) is 116 Å². The van der Waals surface area contributed by atoms with Crippen LogP contribution in [0.4, 0.5) is 13.2 Å². The number of unbranched alkanes of at least 4 members (excludes halogenated alkanes) is 2. The first-order valence-corrected chi connectivity index (χ1v) is 14.9. The Hall–Kier alpha value is -1.97. The highest BCUT2D eigenvalue weighted by atomic mass is 19.2. The monoisotopic (exact) mass is 514 g/mol. The molecule has 0 radical (unpaired) electrons. The number of benzene rings is 2. The van der Waals surface area contributed by atoms with E-state index in [4.69, 9.17) is 4.74 Å². The Kier molecular flexibility index (Phi) is 10.4. The molecule has 0 atom stereocenters. The molecule has 0 bridgehead atoms. The molecule has 204 valence electrons. The molecule has 0 spiro atoms. The van der Waals surface area contributed by atoms with Gasteiger partial charge >= 0.3 is 0 Å². The van der Waals surface area contributed by atoms with Crippen molar-refractivity contribution in [1.29, 1.82) is 0 Å². The first kappa shape index (κ1) is 28.0. The smallest absolute Gasteiger partial charge is 0.200 e. The first-order chi connectivity index (χ1) is 18.0. The van der Waals surface area contributed by atoms with Gasteiger partial charge < -0.3 is 4.74 Å². The SMILES string of the molecule is CCCCCc1ccc(C2CCC(COc3ccc(C4CCC(CCC)CC4)c(F)c3F)CC2)c(F)c1. The fraction of sp³-hybridized carbons (Fsp3) is 0.636. The summed E-state index contributed by atoms with van der Waals surface area (Å²) in [4.78, 5) is 0. The Bertz CT molecular complexity index is 987. The minimum absolute atomic E-state index is 0.0211. The molecule has 0 saturated heterocycles. The molecule has 2 aromatic rings. The maximum Gasteiger partial charge on any atom is 0.200 e. The van der Waals surface area contributed by atoms with Crippen molar-refractivity contribution in [1.82, 2.24) is 0 Å². The molecule has 37 heavy (non-hydrogen) atoms. The van der Waals surface area contributed by atoms with Gasteiger partial charge in [0.1, 0.15) is 5.82 Å². The third-order valence-electron chi connectivity index (χ3n) is 8.96. The van der Waals surface area contributed by atoms with Gasteiger partial charge in [0.25, 0.3) is 0 Å². The summed E-state index contributed by atoms with van der Waals surface area (Å²) in [5, 5.41) is 0. The minimum Gasteiger partial charge on any atom is -0.490 e. The average Bonchev–Trinajstić information content (AvgIpc) is 2.91. The summed E-state index contributed by atoms with van der Waals surface area (Å²) in [6.07, 6.45) is 14.5. The molecule has 2 fully saturated rings. The van der Waals surface area contributed by atoms with Crippen LogP contribution in [0, 0.1) is 29.3 Å². The molecule has 2 aliphatic carbocycles. The van der Waals surface area contributed by atoms with Crippen LogP contribution in [-0.4, -0.2) is 6.61 Å². The highest BCUT2D eigenvalue weighted by molar-refractivity contribution is 5.33. The van der Waals surface area contributed by atoms with Gasteiger partial charge in [0.2, 0.25) is 5.82 Å². The Labute approximate surface area is 222 Å². The van der Waals surface area contributed by atoms with Crippen molar-refractivity contribution in [3.8, 4) is 5.75 Å². The molecule has 0 aliphatic heterocycles. The van der Waals surface area contributed by atoms with Gasteiger partial charge in [-0.05, 0) is 117 Å². The third kappa shape index (κ3) is 7.33. The second kappa shape index (κ2) is 13.7. The van der Waals surface area contributed by atoms with E-state index in [1.807, 2.05) is 6.07 Å². The van der Waals surface area contributed by atoms with Crippen molar-refractivity contribution in [3.05, 3.63) is 64.5 Å². The van der Waals surface area contributed by atoms with Gasteiger partial charge in [-0.1, -0.05) is 57.7 Å². The van der Waals surface area contributed by atoms with E-state index < -0.39 is 11.6 Å². The predicted octanol–water partition coefficient (Wildman–Crippen LogP) is 10.3. The highest BCUT2D eigenvalue weighted by Crippen LogP contribution is 2.41. The molecule has 0 unspecified atom stereocenters. The zero-order chi connectivity index (χ0) is 26.2. The Morgan fingerprint density at radius 3 is 2.00 bits per heavy atom. The van der Waals surface area contributed by atoms with Crippen molar-refractivity contribution in [3.63, 3.8) is 0 Å². The molecule has 0 heterocycles. The van der Waals surface area contributed by atoms with Gasteiger partial charge in [0.15, 0.2) is 11.6 Å². The molecule has 2 saturated carbocycles. The molecule has 4 heteroatoms. The second-order valence-electron chi connectivity index (χ2n) is 11.6. The van der Waals surface area contributed by atoms with Crippen molar-refractivity contribution in [2.24, 2.45) is 11.8 Å². The number of ether oxygens (including phenoxy) is 1. The topological polar surface area (TPSA) is 9.23 Å². The summed E-state index contributed by atoms with van der Waals surface area (Å²) >= 11 is 0. The van der Waals surface area contributed by atoms with E-state index in [0.717, 1.165) is 81.3 Å². The molecular weight excluding hydrogens is 469 g/mol. The standard InChI is InChI=1S/C33H45F3O/c1-3-5-6-8-24-13-18-28(30(34)21-24)26-16-11-25(12-17-26)22-37-31-20-19-29(32(35)33(31)36)27-14-9-23(7-4-2)10-15-27/h13,18-21,23,25-27H,3-12,14-17,22H2,1-2H3. The third-order valence-corrected chi connectivity index (χ3v) is 8.96. The van der Waals surface area contributed by atoms with Crippen molar-refractivity contribution < 1.29 is 17.9 Å². The Balaban J connectivity index is 1.26. The highest BCUT2D eigenvalue weighted by Gasteiger charge is 2.28. The van der Waals surface area contributed by atoms with E-state index in [-0.39, 0.29) is 29.3 Å². The average molecular weight is 515 g/mol. The van der Waals surface area contributed by atoms with Crippen LogP contribution >= 0.6 is 0 Å². The van der Waals surface area contributed by atoms with Gasteiger partial charge in [-0.15, -0.1) is 0 Å². The number of aryl methyl sites for hydroxylation is 1. The lowest BCUT2D eigenvalue weighted by molar-refractivity contribution is 0.191. The van der Waals surface area contributed by atoms with Crippen LogP contribution in [0.2, 0.25) is 0 Å². The fourth-order valence-electron chi connectivity index (χ4n) is 6.63. The molecule has 0 aromatic heterocycles. The Morgan fingerprint density at radius 2 is 1.35 bits per heavy atom. The molecule has 1 nitrogen and oxygen atoms in total. The fourth-order valence-corrected chi connectivity index (χ4v) is 6.63. The lowest BCUT2D eigenvalue weighted by Gasteiger charge is -2.30. The minimum atomic E-state index is -0.844. The lowest BCUT2D eigenvalue weighted by Crippen LogP contribution is -2.20. The molecule has 2 aliphatic rings. The van der Waals surface area contributed by atoms with Gasteiger partial charge in [0, 0.05) is 0 Å². The van der Waals surface area contributed by atoms with Gasteiger partial charge in [0.05, 0.1) is 6.61 Å². The number of hydrogen-bond donors (Lipinski definition) is 0. The molecule has 4 rings (SSSR count). The molecule has 0 amide bonds. The van der Waals surface area contributed by atoms with Crippen LogP contribution in [-0.2, 0) is 6.42 Å². The summed E-state index contributed by atoms with van der Waals surface area (Å²) in [5.41, 5.74) is 2.42. The van der Waals surface area contributed by atoms with Crippen LogP contribution < -0.4 is 4.74 Å². The van der Waals surface area contributed by atoms with Crippen molar-refractivity contribution >= 4 is 0 Å². The zero-order valence-corrected chi connectivity index (χ0v) is 22.8. The number of halogens is 3. The van der Waals surface area contributed by atoms with Crippen LogP contribution in [0.5, 0.6) is 5.75 Å². The van der Waals surface area contributed by atoms with E-state index in [0.29, 0.717) is 12.2 Å². The second-order valence-corrected chi connectivity index (χ2v) is 11.6. The molecule has 0 N–H and O–H groups in total. The molecular formula is C33H45F3O. The van der Waals surface area contributed by atoms with E-state index in [1.54, 1.807) is 18.2 Å². The maximum atomic E-state index is 15.0. The quantitative estimate of drug-likeness (QED) is 0.271. The summed E-state index contributed by atoms with van der Waals surface area (Å²) in [6, 6.07) is 9.15. The van der Waals surface area contributed by atoms with Gasteiger partial charge in [-0.3, -0.25) is 0 Å². The van der Waals surface area contributed by atoms with E-state index in [2.05, 4.69) is 19.9 Å². The maximum absolute atomic E-state index is 15.0. The summed E-state index contributed by atoms with van der Waals surface area (Å²) in [6.45, 7) is 4.76. The summed E-state index contributed by atoms with van der Waals surface area (Å²) < 4.78 is 50.4. The molecule has 2 aromatic carbocycles. The van der Waals surface area contributed by atoms with E-state index >= 15 is 0 Å². The van der Waals surface area contributed by atoms with Crippen LogP contribution in [0.25, 0.3) is 0 Å². The van der Waals surface area contributed by atoms with Crippen LogP contribution in [0.1, 0.15) is 126 Å². The van der Waals surface area contributed by atoms with Gasteiger partial charge in [-0.2, -0.15) is 4.39 Å². The zero-order valence-electron chi connectivity index (χ0n) is 22.8. The number of hydrogen-bond acceptors (Lipinski definition) is 1. The largest absolute Gasteiger partial charge is 0.490 e. The van der Waals surface area contributed by atoms with E-state index in [1.165, 1.54) is 25.7 Å². The van der Waals surface area contributed by atoms with Crippen molar-refractivity contribution in [2.75, 3.05) is 6.61 Å². The normalized spacial score (nSPS) is 24.2.